The highest BCUT2D eigenvalue weighted by Crippen LogP contribution is 2.36. The summed E-state index contributed by atoms with van der Waals surface area (Å²) in [5.41, 5.74) is 7.90. The summed E-state index contributed by atoms with van der Waals surface area (Å²) in [6.45, 7) is 5.69. The zero-order chi connectivity index (χ0) is 18.2. The van der Waals surface area contributed by atoms with Gasteiger partial charge < -0.3 is 19.9 Å². The van der Waals surface area contributed by atoms with E-state index in [1.165, 1.54) is 5.56 Å². The van der Waals surface area contributed by atoms with Crippen LogP contribution in [-0.2, 0) is 6.42 Å². The minimum Gasteiger partial charge on any atom is -0.493 e. The lowest BCUT2D eigenvalue weighted by atomic mass is 10.0. The van der Waals surface area contributed by atoms with E-state index in [2.05, 4.69) is 26.0 Å². The van der Waals surface area contributed by atoms with Crippen LogP contribution >= 0.6 is 11.6 Å². The minimum absolute atomic E-state index is 0.373. The molecule has 0 saturated heterocycles. The molecule has 4 nitrogen and oxygen atoms in total. The van der Waals surface area contributed by atoms with Crippen molar-refractivity contribution >= 4 is 11.6 Å². The standard InChI is InChI=1S/C20H26ClNO3/c1-14(2)16-4-6-17(7-5-16)24-10-11-25-20-18(21)12-15(8-9-22)13-19(20)23-3/h4-7,12-14H,8-11,22H2,1-3H3. The molecule has 0 bridgehead atoms. The number of hydrogen-bond donors (Lipinski definition) is 1. The predicted molar refractivity (Wildman–Crippen MR) is 102 cm³/mol. The first-order valence-corrected chi connectivity index (χ1v) is 8.85. The Morgan fingerprint density at radius 3 is 2.32 bits per heavy atom. The number of halogens is 1. The van der Waals surface area contributed by atoms with Crippen molar-refractivity contribution < 1.29 is 14.2 Å². The summed E-state index contributed by atoms with van der Waals surface area (Å²) in [6, 6.07) is 11.9. The normalized spacial score (nSPS) is 10.8. The lowest BCUT2D eigenvalue weighted by molar-refractivity contribution is 0.211. The third-order valence-corrected chi connectivity index (χ3v) is 4.15. The summed E-state index contributed by atoms with van der Waals surface area (Å²) >= 11 is 6.31. The molecule has 136 valence electrons. The van der Waals surface area contributed by atoms with Crippen molar-refractivity contribution in [3.05, 3.63) is 52.5 Å². The van der Waals surface area contributed by atoms with E-state index in [0.717, 1.165) is 17.7 Å². The first kappa shape index (κ1) is 19.4. The third kappa shape index (κ3) is 5.55. The molecule has 2 rings (SSSR count). The molecule has 0 aromatic heterocycles. The maximum atomic E-state index is 6.31. The fraction of sp³-hybridized carbons (Fsp3) is 0.400. The number of nitrogens with two attached hydrogens (primary N) is 1. The van der Waals surface area contributed by atoms with Gasteiger partial charge in [-0.15, -0.1) is 0 Å². The summed E-state index contributed by atoms with van der Waals surface area (Å²) in [7, 11) is 1.59. The van der Waals surface area contributed by atoms with Gasteiger partial charge in [0.05, 0.1) is 12.1 Å². The van der Waals surface area contributed by atoms with E-state index in [9.17, 15) is 0 Å². The molecule has 2 N–H and O–H groups in total. The van der Waals surface area contributed by atoms with Crippen molar-refractivity contribution in [3.8, 4) is 17.2 Å². The van der Waals surface area contributed by atoms with Crippen LogP contribution in [0.2, 0.25) is 5.02 Å². The fourth-order valence-corrected chi connectivity index (χ4v) is 2.76. The molecule has 2 aromatic rings. The molecule has 5 heteroatoms. The first-order valence-electron chi connectivity index (χ1n) is 8.47. The summed E-state index contributed by atoms with van der Waals surface area (Å²) in [5.74, 6) is 2.47. The van der Waals surface area contributed by atoms with E-state index in [0.29, 0.717) is 42.2 Å². The van der Waals surface area contributed by atoms with Crippen LogP contribution in [0.5, 0.6) is 17.2 Å². The molecule has 25 heavy (non-hydrogen) atoms. The van der Waals surface area contributed by atoms with Gasteiger partial charge in [0.25, 0.3) is 0 Å². The van der Waals surface area contributed by atoms with E-state index >= 15 is 0 Å². The van der Waals surface area contributed by atoms with Crippen LogP contribution in [0.3, 0.4) is 0 Å². The second kappa shape index (κ2) is 9.54. The number of benzene rings is 2. The van der Waals surface area contributed by atoms with Crippen LogP contribution in [0.1, 0.15) is 30.9 Å². The monoisotopic (exact) mass is 363 g/mol. The molecule has 0 radical (unpaired) electrons. The molecule has 0 saturated carbocycles. The molecule has 0 aliphatic rings. The van der Waals surface area contributed by atoms with Crippen molar-refractivity contribution in [2.75, 3.05) is 26.9 Å². The quantitative estimate of drug-likeness (QED) is 0.669. The first-order chi connectivity index (χ1) is 12.0. The largest absolute Gasteiger partial charge is 0.493 e. The number of hydrogen-bond acceptors (Lipinski definition) is 4. The molecule has 0 unspecified atom stereocenters. The van der Waals surface area contributed by atoms with Gasteiger partial charge >= 0.3 is 0 Å². The Morgan fingerprint density at radius 2 is 1.72 bits per heavy atom. The van der Waals surface area contributed by atoms with Crippen LogP contribution in [0, 0.1) is 0 Å². The number of rotatable bonds is 9. The molecule has 0 heterocycles. The molecular weight excluding hydrogens is 338 g/mol. The van der Waals surface area contributed by atoms with Gasteiger partial charge in [0, 0.05) is 0 Å². The molecule has 0 aliphatic carbocycles. The van der Waals surface area contributed by atoms with Crippen molar-refractivity contribution in [1.29, 1.82) is 0 Å². The minimum atomic E-state index is 0.373. The Hall–Kier alpha value is -1.91. The van der Waals surface area contributed by atoms with Crippen molar-refractivity contribution in [2.24, 2.45) is 5.73 Å². The van der Waals surface area contributed by atoms with Gasteiger partial charge in [-0.3, -0.25) is 0 Å². The number of methoxy groups -OCH3 is 1. The molecular formula is C20H26ClNO3. The third-order valence-electron chi connectivity index (χ3n) is 3.87. The maximum Gasteiger partial charge on any atom is 0.179 e. The Labute approximate surface area is 154 Å². The van der Waals surface area contributed by atoms with Crippen LogP contribution < -0.4 is 19.9 Å². The Morgan fingerprint density at radius 1 is 1.04 bits per heavy atom. The predicted octanol–water partition coefficient (Wildman–Crippen LogP) is 4.43. The Bertz CT molecular complexity index is 671. The maximum absolute atomic E-state index is 6.31. The van der Waals surface area contributed by atoms with Gasteiger partial charge in [-0.2, -0.15) is 0 Å². The van der Waals surface area contributed by atoms with Crippen molar-refractivity contribution in [1.82, 2.24) is 0 Å². The highest BCUT2D eigenvalue weighted by molar-refractivity contribution is 6.32. The lowest BCUT2D eigenvalue weighted by Gasteiger charge is -2.14. The summed E-state index contributed by atoms with van der Waals surface area (Å²) in [6.07, 6.45) is 0.742. The van der Waals surface area contributed by atoms with Gasteiger partial charge in [-0.05, 0) is 54.3 Å². The van der Waals surface area contributed by atoms with E-state index in [1.54, 1.807) is 7.11 Å². The molecule has 0 atom stereocenters. The number of ether oxygens (including phenoxy) is 3. The zero-order valence-electron chi connectivity index (χ0n) is 15.0. The van der Waals surface area contributed by atoms with Crippen molar-refractivity contribution in [3.63, 3.8) is 0 Å². The van der Waals surface area contributed by atoms with Gasteiger partial charge in [0.2, 0.25) is 0 Å². The SMILES string of the molecule is COc1cc(CCN)cc(Cl)c1OCCOc1ccc(C(C)C)cc1. The molecule has 0 aliphatic heterocycles. The second-order valence-electron chi connectivity index (χ2n) is 6.07. The lowest BCUT2D eigenvalue weighted by Crippen LogP contribution is -2.10. The second-order valence-corrected chi connectivity index (χ2v) is 6.48. The van der Waals surface area contributed by atoms with E-state index in [4.69, 9.17) is 31.5 Å². The molecule has 0 spiro atoms. The summed E-state index contributed by atoms with van der Waals surface area (Å²) < 4.78 is 16.8. The van der Waals surface area contributed by atoms with Gasteiger partial charge in [0.15, 0.2) is 11.5 Å². The Kier molecular flexibility index (Phi) is 7.41. The van der Waals surface area contributed by atoms with E-state index in [-0.39, 0.29) is 0 Å². The molecule has 0 amide bonds. The smallest absolute Gasteiger partial charge is 0.179 e. The fourth-order valence-electron chi connectivity index (χ4n) is 2.48. The van der Waals surface area contributed by atoms with Gasteiger partial charge in [0.1, 0.15) is 19.0 Å². The highest BCUT2D eigenvalue weighted by atomic mass is 35.5. The zero-order valence-corrected chi connectivity index (χ0v) is 15.8. The van der Waals surface area contributed by atoms with E-state index in [1.807, 2.05) is 24.3 Å². The average Bonchev–Trinajstić information content (AvgIpc) is 2.60. The van der Waals surface area contributed by atoms with Gasteiger partial charge in [-0.25, -0.2) is 0 Å². The van der Waals surface area contributed by atoms with Crippen LogP contribution in [0.25, 0.3) is 0 Å². The van der Waals surface area contributed by atoms with Crippen LogP contribution in [0.4, 0.5) is 0 Å². The highest BCUT2D eigenvalue weighted by Gasteiger charge is 2.12. The molecule has 2 aromatic carbocycles. The summed E-state index contributed by atoms with van der Waals surface area (Å²) in [4.78, 5) is 0. The van der Waals surface area contributed by atoms with Crippen molar-refractivity contribution in [2.45, 2.75) is 26.2 Å². The van der Waals surface area contributed by atoms with Crippen LogP contribution in [0.15, 0.2) is 36.4 Å². The topological polar surface area (TPSA) is 53.7 Å². The average molecular weight is 364 g/mol. The summed E-state index contributed by atoms with van der Waals surface area (Å²) in [5, 5.41) is 0.518. The van der Waals surface area contributed by atoms with Crippen LogP contribution in [-0.4, -0.2) is 26.9 Å². The van der Waals surface area contributed by atoms with E-state index < -0.39 is 0 Å². The Balaban J connectivity index is 1.90. The molecule has 0 fully saturated rings. The van der Waals surface area contributed by atoms with Gasteiger partial charge in [-0.1, -0.05) is 37.6 Å².